The Balaban J connectivity index is 2.53. The van der Waals surface area contributed by atoms with Gasteiger partial charge >= 0.3 is 12.1 Å². The van der Waals surface area contributed by atoms with Crippen molar-refractivity contribution in [2.45, 2.75) is 12.3 Å². The van der Waals surface area contributed by atoms with E-state index in [0.717, 1.165) is 0 Å². The first kappa shape index (κ1) is 11.2. The second-order valence-corrected chi connectivity index (χ2v) is 4.22. The van der Waals surface area contributed by atoms with Crippen LogP contribution >= 0.6 is 0 Å². The van der Waals surface area contributed by atoms with Crippen molar-refractivity contribution < 1.29 is 35.3 Å². The van der Waals surface area contributed by atoms with Crippen LogP contribution < -0.4 is 0 Å². The highest BCUT2D eigenvalue weighted by Crippen LogP contribution is 2.20. The minimum absolute atomic E-state index is 0.565. The SMILES string of the molecule is O=C(OC1COS(=O)(=O)C1)C(F)(F)F. The van der Waals surface area contributed by atoms with E-state index in [1.165, 1.54) is 0 Å². The molecule has 0 bridgehead atoms. The van der Waals surface area contributed by atoms with Crippen LogP contribution in [0.5, 0.6) is 0 Å². The van der Waals surface area contributed by atoms with Gasteiger partial charge in [-0.2, -0.15) is 21.6 Å². The van der Waals surface area contributed by atoms with Gasteiger partial charge in [-0.05, 0) is 0 Å². The van der Waals surface area contributed by atoms with Crippen LogP contribution in [0, 0.1) is 0 Å². The molecule has 82 valence electrons. The molecule has 14 heavy (non-hydrogen) atoms. The van der Waals surface area contributed by atoms with E-state index in [-0.39, 0.29) is 0 Å². The quantitative estimate of drug-likeness (QED) is 0.465. The highest BCUT2D eigenvalue weighted by Gasteiger charge is 2.44. The third kappa shape index (κ3) is 2.84. The summed E-state index contributed by atoms with van der Waals surface area (Å²) in [5.41, 5.74) is 0. The van der Waals surface area contributed by atoms with Crippen LogP contribution in [0.2, 0.25) is 0 Å². The van der Waals surface area contributed by atoms with E-state index in [1.807, 2.05) is 0 Å². The van der Waals surface area contributed by atoms with E-state index in [0.29, 0.717) is 0 Å². The van der Waals surface area contributed by atoms with Gasteiger partial charge in [0, 0.05) is 0 Å². The maximum atomic E-state index is 11.6. The van der Waals surface area contributed by atoms with Gasteiger partial charge in [0.15, 0.2) is 0 Å². The first-order valence-corrected chi connectivity index (χ1v) is 4.93. The molecule has 5 nitrogen and oxygen atoms in total. The fraction of sp³-hybridized carbons (Fsp3) is 0.800. The minimum Gasteiger partial charge on any atom is -0.452 e. The first-order chi connectivity index (χ1) is 6.21. The van der Waals surface area contributed by atoms with Crippen LogP contribution in [0.1, 0.15) is 0 Å². The second-order valence-electron chi connectivity index (χ2n) is 2.53. The molecule has 1 saturated heterocycles. The Morgan fingerprint density at radius 3 is 2.36 bits per heavy atom. The number of rotatable bonds is 1. The molecule has 1 aliphatic rings. The molecule has 0 radical (unpaired) electrons. The van der Waals surface area contributed by atoms with E-state index in [1.54, 1.807) is 0 Å². The van der Waals surface area contributed by atoms with Gasteiger partial charge < -0.3 is 4.74 Å². The Labute approximate surface area is 76.9 Å². The molecule has 1 aliphatic heterocycles. The maximum absolute atomic E-state index is 11.6. The number of hydrogen-bond acceptors (Lipinski definition) is 5. The Kier molecular flexibility index (Phi) is 2.72. The van der Waals surface area contributed by atoms with Gasteiger partial charge in [0.05, 0.1) is 0 Å². The fourth-order valence-corrected chi connectivity index (χ4v) is 1.86. The lowest BCUT2D eigenvalue weighted by molar-refractivity contribution is -0.204. The number of ether oxygens (including phenoxy) is 1. The monoisotopic (exact) mass is 234 g/mol. The summed E-state index contributed by atoms with van der Waals surface area (Å²) in [4.78, 5) is 10.2. The summed E-state index contributed by atoms with van der Waals surface area (Å²) in [6.07, 6.45) is -6.50. The Morgan fingerprint density at radius 2 is 2.00 bits per heavy atom. The van der Waals surface area contributed by atoms with Gasteiger partial charge in [0.25, 0.3) is 10.1 Å². The molecule has 1 atom stereocenters. The molecule has 0 aromatic rings. The molecule has 0 aromatic carbocycles. The van der Waals surface area contributed by atoms with Crippen molar-refractivity contribution in [2.75, 3.05) is 12.4 Å². The van der Waals surface area contributed by atoms with Crippen LogP contribution in [-0.2, 0) is 23.8 Å². The Bertz CT molecular complexity index is 332. The lowest BCUT2D eigenvalue weighted by Crippen LogP contribution is -2.31. The predicted molar refractivity (Wildman–Crippen MR) is 35.7 cm³/mol. The molecule has 0 aliphatic carbocycles. The normalized spacial score (nSPS) is 26.1. The summed E-state index contributed by atoms with van der Waals surface area (Å²) in [7, 11) is -3.83. The van der Waals surface area contributed by atoms with Crippen molar-refractivity contribution in [3.05, 3.63) is 0 Å². The van der Waals surface area contributed by atoms with E-state index in [9.17, 15) is 26.4 Å². The fourth-order valence-electron chi connectivity index (χ4n) is 0.790. The van der Waals surface area contributed by atoms with Crippen molar-refractivity contribution in [3.8, 4) is 0 Å². The van der Waals surface area contributed by atoms with Crippen LogP contribution in [-0.4, -0.2) is 39.0 Å². The molecule has 0 amide bonds. The average Bonchev–Trinajstić information content (AvgIpc) is 2.28. The summed E-state index contributed by atoms with van der Waals surface area (Å²) in [6.45, 7) is -0.565. The predicted octanol–water partition coefficient (Wildman–Crippen LogP) is -0.180. The number of carbonyl (C=O) groups excluding carboxylic acids is 1. The van der Waals surface area contributed by atoms with Gasteiger partial charge in [-0.25, -0.2) is 4.79 Å². The van der Waals surface area contributed by atoms with Crippen molar-refractivity contribution in [2.24, 2.45) is 0 Å². The second kappa shape index (κ2) is 3.39. The summed E-state index contributed by atoms with van der Waals surface area (Å²) < 4.78 is 64.0. The van der Waals surface area contributed by atoms with Gasteiger partial charge in [-0.3, -0.25) is 4.18 Å². The molecule has 0 aromatic heterocycles. The van der Waals surface area contributed by atoms with Crippen molar-refractivity contribution >= 4 is 16.1 Å². The van der Waals surface area contributed by atoms with Crippen molar-refractivity contribution in [3.63, 3.8) is 0 Å². The minimum atomic E-state index is -5.12. The van der Waals surface area contributed by atoms with Gasteiger partial charge in [0.2, 0.25) is 0 Å². The number of alkyl halides is 3. The van der Waals surface area contributed by atoms with E-state index < -0.39 is 40.7 Å². The third-order valence-corrected chi connectivity index (χ3v) is 2.60. The van der Waals surface area contributed by atoms with Gasteiger partial charge in [-0.1, -0.05) is 0 Å². The average molecular weight is 234 g/mol. The summed E-state index contributed by atoms with van der Waals surface area (Å²) in [5.74, 6) is -3.15. The third-order valence-electron chi connectivity index (χ3n) is 1.33. The Hall–Kier alpha value is -0.830. The zero-order valence-corrected chi connectivity index (χ0v) is 7.39. The lowest BCUT2D eigenvalue weighted by atomic mass is 10.4. The zero-order chi connectivity index (χ0) is 11.0. The van der Waals surface area contributed by atoms with Crippen LogP contribution in [0.3, 0.4) is 0 Å². The molecule has 1 fully saturated rings. The molecule has 0 spiro atoms. The number of halogens is 3. The first-order valence-electron chi connectivity index (χ1n) is 3.35. The molecule has 1 rings (SSSR count). The summed E-state index contributed by atoms with van der Waals surface area (Å²) >= 11 is 0. The lowest BCUT2D eigenvalue weighted by Gasteiger charge is -2.10. The highest BCUT2D eigenvalue weighted by atomic mass is 32.2. The summed E-state index contributed by atoms with van der Waals surface area (Å²) in [6, 6.07) is 0. The van der Waals surface area contributed by atoms with Crippen LogP contribution in [0.15, 0.2) is 0 Å². The highest BCUT2D eigenvalue weighted by molar-refractivity contribution is 7.87. The van der Waals surface area contributed by atoms with Gasteiger partial charge in [-0.15, -0.1) is 0 Å². The maximum Gasteiger partial charge on any atom is 0.490 e. The number of esters is 1. The number of hydrogen-bond donors (Lipinski definition) is 0. The molecule has 9 heteroatoms. The van der Waals surface area contributed by atoms with E-state index in [4.69, 9.17) is 0 Å². The van der Waals surface area contributed by atoms with Crippen LogP contribution in [0.4, 0.5) is 13.2 Å². The zero-order valence-electron chi connectivity index (χ0n) is 6.57. The number of carbonyl (C=O) groups is 1. The molecule has 1 heterocycles. The molecular formula is C5H5F3O5S. The topological polar surface area (TPSA) is 69.7 Å². The Morgan fingerprint density at radius 1 is 1.43 bits per heavy atom. The van der Waals surface area contributed by atoms with E-state index in [2.05, 4.69) is 8.92 Å². The van der Waals surface area contributed by atoms with Gasteiger partial charge in [0.1, 0.15) is 18.5 Å². The standard InChI is InChI=1S/C5H5F3O5S/c6-5(7,8)4(9)13-3-1-12-14(10,11)2-3/h3H,1-2H2. The van der Waals surface area contributed by atoms with Crippen LogP contribution in [0.25, 0.3) is 0 Å². The van der Waals surface area contributed by atoms with Crippen molar-refractivity contribution in [1.82, 2.24) is 0 Å². The molecule has 0 saturated carbocycles. The molecule has 0 N–H and O–H groups in total. The van der Waals surface area contributed by atoms with Crippen molar-refractivity contribution in [1.29, 1.82) is 0 Å². The van der Waals surface area contributed by atoms with E-state index >= 15 is 0 Å². The summed E-state index contributed by atoms with van der Waals surface area (Å²) in [5, 5.41) is 0. The largest absolute Gasteiger partial charge is 0.490 e. The smallest absolute Gasteiger partial charge is 0.452 e. The molecule has 1 unspecified atom stereocenters. The molecular weight excluding hydrogens is 229 g/mol.